The molecule has 3 nitrogen and oxygen atoms in total. The third-order valence-electron chi connectivity index (χ3n) is 2.36. The molecule has 2 rings (SSSR count). The van der Waals surface area contributed by atoms with Gasteiger partial charge in [-0.05, 0) is 31.5 Å². The lowest BCUT2D eigenvalue weighted by Crippen LogP contribution is -2.29. The van der Waals surface area contributed by atoms with E-state index in [4.69, 9.17) is 15.2 Å². The second-order valence-electron chi connectivity index (χ2n) is 4.15. The van der Waals surface area contributed by atoms with Crippen molar-refractivity contribution < 1.29 is 9.47 Å². The molecule has 0 radical (unpaired) electrons. The molecule has 0 atom stereocenters. The largest absolute Gasteiger partial charge is 0.467 e. The number of hydrogen-bond acceptors (Lipinski definition) is 3. The van der Waals surface area contributed by atoms with Crippen LogP contribution in [0.25, 0.3) is 0 Å². The van der Waals surface area contributed by atoms with E-state index in [-0.39, 0.29) is 5.54 Å². The van der Waals surface area contributed by atoms with Crippen LogP contribution in [0.4, 0.5) is 0 Å². The normalized spacial score (nSPS) is 15.9. The fourth-order valence-electron chi connectivity index (χ4n) is 1.49. The Bertz CT molecular complexity index is 342. The van der Waals surface area contributed by atoms with Crippen LogP contribution in [0.15, 0.2) is 18.2 Å². The molecule has 1 heterocycles. The molecule has 0 amide bonds. The molecule has 0 aromatic heterocycles. The third kappa shape index (κ3) is 1.74. The van der Waals surface area contributed by atoms with E-state index < -0.39 is 0 Å². The van der Waals surface area contributed by atoms with Gasteiger partial charge < -0.3 is 15.2 Å². The first-order valence-electron chi connectivity index (χ1n) is 4.70. The first kappa shape index (κ1) is 9.49. The Morgan fingerprint density at radius 3 is 2.86 bits per heavy atom. The molecule has 76 valence electrons. The van der Waals surface area contributed by atoms with Crippen LogP contribution in [0.5, 0.6) is 5.75 Å². The average Bonchev–Trinajstić information content (AvgIpc) is 2.16. The van der Waals surface area contributed by atoms with Crippen LogP contribution in [0.3, 0.4) is 0 Å². The molecule has 1 aliphatic rings. The Kier molecular flexibility index (Phi) is 2.21. The van der Waals surface area contributed by atoms with Gasteiger partial charge in [-0.15, -0.1) is 0 Å². The van der Waals surface area contributed by atoms with E-state index in [0.717, 1.165) is 16.9 Å². The maximum Gasteiger partial charge on any atom is 0.189 e. The van der Waals surface area contributed by atoms with E-state index in [1.54, 1.807) is 0 Å². The Morgan fingerprint density at radius 1 is 1.36 bits per heavy atom. The van der Waals surface area contributed by atoms with Crippen LogP contribution < -0.4 is 10.5 Å². The first-order chi connectivity index (χ1) is 6.57. The zero-order valence-corrected chi connectivity index (χ0v) is 8.54. The van der Waals surface area contributed by atoms with Crippen LogP contribution in [-0.4, -0.2) is 6.79 Å². The molecule has 1 aromatic rings. The second-order valence-corrected chi connectivity index (χ2v) is 4.15. The molecule has 0 bridgehead atoms. The highest BCUT2D eigenvalue weighted by Gasteiger charge is 2.17. The zero-order valence-electron chi connectivity index (χ0n) is 8.54. The summed E-state index contributed by atoms with van der Waals surface area (Å²) < 4.78 is 10.5. The summed E-state index contributed by atoms with van der Waals surface area (Å²) in [6.07, 6.45) is 0. The summed E-state index contributed by atoms with van der Waals surface area (Å²) in [7, 11) is 0. The summed E-state index contributed by atoms with van der Waals surface area (Å²) in [6, 6.07) is 6.01. The molecule has 1 aliphatic heterocycles. The number of rotatable bonds is 1. The Hall–Kier alpha value is -1.06. The molecule has 0 saturated heterocycles. The highest BCUT2D eigenvalue weighted by atomic mass is 16.7. The molecular weight excluding hydrogens is 178 g/mol. The van der Waals surface area contributed by atoms with Gasteiger partial charge in [0.15, 0.2) is 6.79 Å². The van der Waals surface area contributed by atoms with E-state index in [1.165, 1.54) is 0 Å². The van der Waals surface area contributed by atoms with Gasteiger partial charge in [0.1, 0.15) is 5.75 Å². The number of nitrogens with two attached hydrogens (primary N) is 1. The van der Waals surface area contributed by atoms with Crippen LogP contribution in [-0.2, 0) is 16.9 Å². The SMILES string of the molecule is CC(C)(N)c1ccc2c(c1)COCO2. The van der Waals surface area contributed by atoms with Crippen molar-refractivity contribution in [3.8, 4) is 5.75 Å². The number of ether oxygens (including phenoxy) is 2. The lowest BCUT2D eigenvalue weighted by atomic mass is 9.94. The quantitative estimate of drug-likeness (QED) is 0.739. The minimum absolute atomic E-state index is 0.313. The molecule has 0 saturated carbocycles. The van der Waals surface area contributed by atoms with Crippen molar-refractivity contribution in [2.45, 2.75) is 26.0 Å². The van der Waals surface area contributed by atoms with Gasteiger partial charge in [0.2, 0.25) is 0 Å². The molecular formula is C11H15NO2. The molecule has 0 aliphatic carbocycles. The van der Waals surface area contributed by atoms with E-state index in [2.05, 4.69) is 6.07 Å². The second kappa shape index (κ2) is 3.26. The Balaban J connectivity index is 2.39. The Labute approximate surface area is 83.8 Å². The fourth-order valence-corrected chi connectivity index (χ4v) is 1.49. The van der Waals surface area contributed by atoms with Gasteiger partial charge in [-0.2, -0.15) is 0 Å². The van der Waals surface area contributed by atoms with Crippen LogP contribution in [0.2, 0.25) is 0 Å². The summed E-state index contributed by atoms with van der Waals surface area (Å²) in [4.78, 5) is 0. The summed E-state index contributed by atoms with van der Waals surface area (Å²) >= 11 is 0. The van der Waals surface area contributed by atoms with Crippen LogP contribution in [0, 0.1) is 0 Å². The lowest BCUT2D eigenvalue weighted by Gasteiger charge is -2.23. The van der Waals surface area contributed by atoms with Crippen molar-refractivity contribution >= 4 is 0 Å². The number of benzene rings is 1. The standard InChI is InChI=1S/C11H15NO2/c1-11(2,12)9-3-4-10-8(5-9)6-13-7-14-10/h3-5H,6-7,12H2,1-2H3. The first-order valence-corrected chi connectivity index (χ1v) is 4.70. The van der Waals surface area contributed by atoms with Crippen molar-refractivity contribution in [1.82, 2.24) is 0 Å². The smallest absolute Gasteiger partial charge is 0.189 e. The van der Waals surface area contributed by atoms with Gasteiger partial charge in [-0.1, -0.05) is 6.07 Å². The van der Waals surface area contributed by atoms with Gasteiger partial charge in [0.05, 0.1) is 6.61 Å². The van der Waals surface area contributed by atoms with Crippen molar-refractivity contribution in [2.24, 2.45) is 5.73 Å². The Morgan fingerprint density at radius 2 is 2.14 bits per heavy atom. The van der Waals surface area contributed by atoms with Gasteiger partial charge in [0.25, 0.3) is 0 Å². The molecule has 14 heavy (non-hydrogen) atoms. The average molecular weight is 193 g/mol. The van der Waals surface area contributed by atoms with E-state index >= 15 is 0 Å². The van der Waals surface area contributed by atoms with Crippen molar-refractivity contribution in [3.05, 3.63) is 29.3 Å². The molecule has 3 heteroatoms. The van der Waals surface area contributed by atoms with Crippen molar-refractivity contribution in [3.63, 3.8) is 0 Å². The summed E-state index contributed by atoms with van der Waals surface area (Å²) in [6.45, 7) is 4.93. The molecule has 0 spiro atoms. The zero-order chi connectivity index (χ0) is 10.2. The van der Waals surface area contributed by atoms with Crippen molar-refractivity contribution in [2.75, 3.05) is 6.79 Å². The van der Waals surface area contributed by atoms with Gasteiger partial charge in [-0.25, -0.2) is 0 Å². The minimum Gasteiger partial charge on any atom is -0.467 e. The maximum atomic E-state index is 6.01. The molecule has 0 unspecified atom stereocenters. The highest BCUT2D eigenvalue weighted by Crippen LogP contribution is 2.27. The molecule has 2 N–H and O–H groups in total. The topological polar surface area (TPSA) is 44.5 Å². The summed E-state index contributed by atoms with van der Waals surface area (Å²) in [5, 5.41) is 0. The number of fused-ring (bicyclic) bond motifs is 1. The van der Waals surface area contributed by atoms with Crippen LogP contribution in [0.1, 0.15) is 25.0 Å². The highest BCUT2D eigenvalue weighted by molar-refractivity contribution is 5.39. The predicted molar refractivity (Wildman–Crippen MR) is 53.9 cm³/mol. The van der Waals surface area contributed by atoms with Gasteiger partial charge in [0, 0.05) is 11.1 Å². The van der Waals surface area contributed by atoms with E-state index in [0.29, 0.717) is 13.4 Å². The maximum absolute atomic E-state index is 6.01. The fraction of sp³-hybridized carbons (Fsp3) is 0.455. The van der Waals surface area contributed by atoms with E-state index in [1.807, 2.05) is 26.0 Å². The molecule has 1 aromatic carbocycles. The number of hydrogen-bond donors (Lipinski definition) is 1. The van der Waals surface area contributed by atoms with Gasteiger partial charge in [-0.3, -0.25) is 0 Å². The van der Waals surface area contributed by atoms with E-state index in [9.17, 15) is 0 Å². The van der Waals surface area contributed by atoms with Crippen molar-refractivity contribution in [1.29, 1.82) is 0 Å². The summed E-state index contributed by atoms with van der Waals surface area (Å²) in [5.41, 5.74) is 7.87. The third-order valence-corrected chi connectivity index (χ3v) is 2.36. The molecule has 0 fully saturated rings. The van der Waals surface area contributed by atoms with Gasteiger partial charge >= 0.3 is 0 Å². The lowest BCUT2D eigenvalue weighted by molar-refractivity contribution is -0.0164. The monoisotopic (exact) mass is 193 g/mol. The summed E-state index contributed by atoms with van der Waals surface area (Å²) in [5.74, 6) is 0.907. The predicted octanol–water partition coefficient (Wildman–Crippen LogP) is 1.75. The van der Waals surface area contributed by atoms with Crippen LogP contribution >= 0.6 is 0 Å². The minimum atomic E-state index is -0.313.